The molecular formula is C22H25FN6. The quantitative estimate of drug-likeness (QED) is 0.658. The van der Waals surface area contributed by atoms with Gasteiger partial charge in [0.1, 0.15) is 5.82 Å². The molecule has 3 aromatic rings. The highest BCUT2D eigenvalue weighted by atomic mass is 19.1. The second-order valence-corrected chi connectivity index (χ2v) is 7.12. The summed E-state index contributed by atoms with van der Waals surface area (Å²) in [5, 5.41) is 8.45. The smallest absolute Gasteiger partial charge is 0.247 e. The number of rotatable bonds is 5. The molecule has 1 aromatic heterocycles. The van der Waals surface area contributed by atoms with Crippen molar-refractivity contribution in [3.8, 4) is 0 Å². The molecule has 0 N–H and O–H groups in total. The van der Waals surface area contributed by atoms with Gasteiger partial charge in [0.05, 0.1) is 11.9 Å². The van der Waals surface area contributed by atoms with E-state index in [-0.39, 0.29) is 5.82 Å². The normalized spacial score (nSPS) is 14.2. The van der Waals surface area contributed by atoms with Gasteiger partial charge in [-0.25, -0.2) is 4.39 Å². The average molecular weight is 392 g/mol. The monoisotopic (exact) mass is 392 g/mol. The van der Waals surface area contributed by atoms with Gasteiger partial charge in [-0.05, 0) is 43.7 Å². The first-order valence-electron chi connectivity index (χ1n) is 9.94. The Labute approximate surface area is 170 Å². The number of benzene rings is 2. The third kappa shape index (κ3) is 4.13. The number of piperazine rings is 1. The molecule has 0 saturated carbocycles. The fraction of sp³-hybridized carbons (Fsp3) is 0.318. The molecule has 0 spiro atoms. The van der Waals surface area contributed by atoms with Crippen LogP contribution in [-0.4, -0.2) is 47.9 Å². The van der Waals surface area contributed by atoms with E-state index in [1.54, 1.807) is 12.3 Å². The van der Waals surface area contributed by atoms with E-state index in [4.69, 9.17) is 4.98 Å². The van der Waals surface area contributed by atoms with Gasteiger partial charge in [-0.1, -0.05) is 24.3 Å². The molecule has 6 nitrogen and oxygen atoms in total. The van der Waals surface area contributed by atoms with Gasteiger partial charge in [-0.15, -0.1) is 5.10 Å². The molecule has 1 saturated heterocycles. The van der Waals surface area contributed by atoms with Crippen molar-refractivity contribution < 1.29 is 4.39 Å². The number of halogens is 1. The van der Waals surface area contributed by atoms with Crippen LogP contribution in [0, 0.1) is 12.7 Å². The maximum absolute atomic E-state index is 14.1. The molecule has 0 atom stereocenters. The van der Waals surface area contributed by atoms with Crippen LogP contribution in [0.1, 0.15) is 12.5 Å². The molecule has 1 aliphatic heterocycles. The van der Waals surface area contributed by atoms with E-state index in [1.807, 2.05) is 18.2 Å². The van der Waals surface area contributed by atoms with Crippen LogP contribution in [-0.2, 0) is 0 Å². The summed E-state index contributed by atoms with van der Waals surface area (Å²) in [6, 6.07) is 15.2. The van der Waals surface area contributed by atoms with Gasteiger partial charge in [-0.2, -0.15) is 10.1 Å². The Hall–Kier alpha value is -3.22. The summed E-state index contributed by atoms with van der Waals surface area (Å²) in [6.45, 7) is 7.82. The van der Waals surface area contributed by atoms with E-state index in [9.17, 15) is 4.39 Å². The number of para-hydroxylation sites is 1. The number of nitrogens with zero attached hydrogens (tertiary/aromatic N) is 6. The molecule has 150 valence electrons. The first-order chi connectivity index (χ1) is 14.2. The van der Waals surface area contributed by atoms with E-state index in [0.717, 1.165) is 31.1 Å². The third-order valence-electron chi connectivity index (χ3n) is 5.20. The summed E-state index contributed by atoms with van der Waals surface area (Å²) in [7, 11) is 0. The molecule has 2 aromatic carbocycles. The topological polar surface area (TPSA) is 48.4 Å². The number of aryl methyl sites for hydroxylation is 1. The Morgan fingerprint density at radius 3 is 2.48 bits per heavy atom. The molecule has 0 aliphatic carbocycles. The van der Waals surface area contributed by atoms with Crippen LogP contribution in [0.25, 0.3) is 0 Å². The van der Waals surface area contributed by atoms with Crippen LogP contribution >= 0.6 is 0 Å². The Balaban J connectivity index is 1.50. The Bertz CT molecular complexity index is 971. The van der Waals surface area contributed by atoms with Gasteiger partial charge in [0.15, 0.2) is 5.82 Å². The molecular weight excluding hydrogens is 367 g/mol. The minimum absolute atomic E-state index is 0.183. The van der Waals surface area contributed by atoms with Gasteiger partial charge >= 0.3 is 0 Å². The van der Waals surface area contributed by atoms with Gasteiger partial charge < -0.3 is 14.7 Å². The van der Waals surface area contributed by atoms with Crippen LogP contribution in [0.3, 0.4) is 0 Å². The zero-order chi connectivity index (χ0) is 20.2. The van der Waals surface area contributed by atoms with Gasteiger partial charge in [0.2, 0.25) is 5.95 Å². The first kappa shape index (κ1) is 19.1. The molecule has 2 heterocycles. The zero-order valence-electron chi connectivity index (χ0n) is 16.8. The van der Waals surface area contributed by atoms with E-state index in [1.165, 1.54) is 11.6 Å². The average Bonchev–Trinajstić information content (AvgIpc) is 2.75. The minimum Gasteiger partial charge on any atom is -0.366 e. The molecule has 0 unspecified atom stereocenters. The lowest BCUT2D eigenvalue weighted by Gasteiger charge is -2.36. The van der Waals surface area contributed by atoms with Crippen molar-refractivity contribution in [1.82, 2.24) is 15.2 Å². The summed E-state index contributed by atoms with van der Waals surface area (Å²) in [6.07, 6.45) is 1.70. The highest BCUT2D eigenvalue weighted by molar-refractivity contribution is 5.61. The van der Waals surface area contributed by atoms with Crippen molar-refractivity contribution >= 4 is 23.1 Å². The first-order valence-corrected chi connectivity index (χ1v) is 9.94. The van der Waals surface area contributed by atoms with Gasteiger partial charge in [0, 0.05) is 38.4 Å². The van der Waals surface area contributed by atoms with Crippen molar-refractivity contribution in [2.75, 3.05) is 47.4 Å². The van der Waals surface area contributed by atoms with E-state index < -0.39 is 0 Å². The predicted molar refractivity (Wildman–Crippen MR) is 115 cm³/mol. The molecule has 7 heteroatoms. The molecule has 0 radical (unpaired) electrons. The Morgan fingerprint density at radius 2 is 1.76 bits per heavy atom. The van der Waals surface area contributed by atoms with Crippen molar-refractivity contribution in [3.63, 3.8) is 0 Å². The fourth-order valence-electron chi connectivity index (χ4n) is 3.68. The van der Waals surface area contributed by atoms with Gasteiger partial charge in [-0.3, -0.25) is 0 Å². The highest BCUT2D eigenvalue weighted by Crippen LogP contribution is 2.26. The predicted octanol–water partition coefficient (Wildman–Crippen LogP) is 3.80. The molecule has 29 heavy (non-hydrogen) atoms. The van der Waals surface area contributed by atoms with Crippen LogP contribution in [0.15, 0.2) is 54.7 Å². The molecule has 4 rings (SSSR count). The second kappa shape index (κ2) is 8.43. The molecule has 0 bridgehead atoms. The molecule has 0 amide bonds. The fourth-order valence-corrected chi connectivity index (χ4v) is 3.68. The SMILES string of the molecule is CCN(c1cccc(C)c1)c1cnnc(N2CCN(c3ccccc3F)CC2)n1. The lowest BCUT2D eigenvalue weighted by atomic mass is 10.2. The van der Waals surface area contributed by atoms with E-state index in [2.05, 4.69) is 56.9 Å². The number of anilines is 4. The van der Waals surface area contributed by atoms with Crippen molar-refractivity contribution in [3.05, 3.63) is 66.1 Å². The van der Waals surface area contributed by atoms with Gasteiger partial charge in [0.25, 0.3) is 0 Å². The number of hydrogen-bond acceptors (Lipinski definition) is 6. The van der Waals surface area contributed by atoms with Crippen molar-refractivity contribution in [2.45, 2.75) is 13.8 Å². The number of hydrogen-bond donors (Lipinski definition) is 0. The maximum Gasteiger partial charge on any atom is 0.247 e. The second-order valence-electron chi connectivity index (χ2n) is 7.12. The summed E-state index contributed by atoms with van der Waals surface area (Å²) in [5.74, 6) is 1.21. The van der Waals surface area contributed by atoms with E-state index >= 15 is 0 Å². The van der Waals surface area contributed by atoms with Crippen molar-refractivity contribution in [2.24, 2.45) is 0 Å². The Kier molecular flexibility index (Phi) is 5.55. The number of aromatic nitrogens is 3. The van der Waals surface area contributed by atoms with Crippen LogP contribution in [0.5, 0.6) is 0 Å². The lowest BCUT2D eigenvalue weighted by molar-refractivity contribution is 0.592. The molecule has 1 aliphatic rings. The summed E-state index contributed by atoms with van der Waals surface area (Å²) >= 11 is 0. The standard InChI is InChI=1S/C22H25FN6/c1-3-29(18-8-6-7-17(2)15-18)21-16-24-26-22(25-21)28-13-11-27(12-14-28)20-10-5-4-9-19(20)23/h4-10,15-16H,3,11-14H2,1-2H3. The van der Waals surface area contributed by atoms with Crippen LogP contribution in [0.2, 0.25) is 0 Å². The van der Waals surface area contributed by atoms with Crippen LogP contribution in [0.4, 0.5) is 27.5 Å². The highest BCUT2D eigenvalue weighted by Gasteiger charge is 2.22. The Morgan fingerprint density at radius 1 is 1.00 bits per heavy atom. The zero-order valence-corrected chi connectivity index (χ0v) is 16.8. The largest absolute Gasteiger partial charge is 0.366 e. The van der Waals surface area contributed by atoms with Crippen LogP contribution < -0.4 is 14.7 Å². The summed E-state index contributed by atoms with van der Waals surface area (Å²) < 4.78 is 14.1. The summed E-state index contributed by atoms with van der Waals surface area (Å²) in [4.78, 5) is 11.1. The summed E-state index contributed by atoms with van der Waals surface area (Å²) in [5.41, 5.74) is 2.94. The minimum atomic E-state index is -0.183. The van der Waals surface area contributed by atoms with E-state index in [0.29, 0.717) is 24.7 Å². The third-order valence-corrected chi connectivity index (χ3v) is 5.20. The maximum atomic E-state index is 14.1. The van der Waals surface area contributed by atoms with Crippen molar-refractivity contribution in [1.29, 1.82) is 0 Å². The lowest BCUT2D eigenvalue weighted by Crippen LogP contribution is -2.47. The molecule has 1 fully saturated rings.